The number of hydrogen-bond donors (Lipinski definition) is 1. The number of anilines is 1. The van der Waals surface area contributed by atoms with Gasteiger partial charge in [0.05, 0.1) is 24.8 Å². The average molecular weight is 630 g/mol. The number of amides is 2. The Bertz CT molecular complexity index is 1500. The molecule has 3 aromatic rings. The number of nitrogens with zero attached hydrogens (tertiary/aromatic N) is 2. The van der Waals surface area contributed by atoms with Crippen molar-refractivity contribution in [2.24, 2.45) is 0 Å². The minimum Gasteiger partial charge on any atom is -0.497 e. The highest BCUT2D eigenvalue weighted by Gasteiger charge is 2.35. The van der Waals surface area contributed by atoms with Crippen LogP contribution in [0.3, 0.4) is 0 Å². The molecular formula is C32H40ClN3O6S. The molecule has 0 aromatic heterocycles. The van der Waals surface area contributed by atoms with Crippen LogP contribution in [0.2, 0.25) is 5.02 Å². The molecule has 0 radical (unpaired) electrons. The molecule has 0 aliphatic carbocycles. The first-order valence-corrected chi connectivity index (χ1v) is 16.0. The fourth-order valence-corrected chi connectivity index (χ4v) is 6.19. The Morgan fingerprint density at radius 3 is 2.28 bits per heavy atom. The van der Waals surface area contributed by atoms with E-state index in [2.05, 4.69) is 5.32 Å². The summed E-state index contributed by atoms with van der Waals surface area (Å²) in [6.07, 6.45) is 1.99. The topological polar surface area (TPSA) is 105 Å². The number of methoxy groups -OCH3 is 2. The average Bonchev–Trinajstić information content (AvgIpc) is 3.00. The summed E-state index contributed by atoms with van der Waals surface area (Å²) in [5.41, 5.74) is 1.63. The third-order valence-corrected chi connectivity index (χ3v) is 9.20. The van der Waals surface area contributed by atoms with Crippen LogP contribution in [0.4, 0.5) is 5.69 Å². The number of aryl methyl sites for hydroxylation is 1. The molecule has 232 valence electrons. The summed E-state index contributed by atoms with van der Waals surface area (Å²) in [4.78, 5) is 29.0. The van der Waals surface area contributed by atoms with E-state index in [0.29, 0.717) is 29.3 Å². The lowest BCUT2D eigenvalue weighted by molar-refractivity contribution is -0.140. The molecule has 0 fully saturated rings. The number of ether oxygens (including phenoxy) is 2. The molecule has 0 aliphatic rings. The Balaban J connectivity index is 2.14. The van der Waals surface area contributed by atoms with Crippen molar-refractivity contribution in [3.05, 3.63) is 82.9 Å². The van der Waals surface area contributed by atoms with Gasteiger partial charge in [0.15, 0.2) is 0 Å². The summed E-state index contributed by atoms with van der Waals surface area (Å²) < 4.78 is 40.3. The van der Waals surface area contributed by atoms with E-state index >= 15 is 0 Å². The van der Waals surface area contributed by atoms with Crippen LogP contribution in [-0.4, -0.2) is 58.5 Å². The van der Waals surface area contributed by atoms with Crippen LogP contribution >= 0.6 is 11.6 Å². The van der Waals surface area contributed by atoms with E-state index in [9.17, 15) is 18.0 Å². The normalized spacial score (nSPS) is 11.9. The number of unbranched alkanes of at least 4 members (excludes halogenated alkanes) is 1. The zero-order valence-electron chi connectivity index (χ0n) is 25.3. The molecule has 0 bridgehead atoms. The largest absolute Gasteiger partial charge is 0.497 e. The van der Waals surface area contributed by atoms with E-state index < -0.39 is 28.5 Å². The monoisotopic (exact) mass is 629 g/mol. The van der Waals surface area contributed by atoms with Gasteiger partial charge in [-0.2, -0.15) is 0 Å². The molecule has 0 aliphatic heterocycles. The van der Waals surface area contributed by atoms with Crippen molar-refractivity contribution >= 4 is 39.1 Å². The van der Waals surface area contributed by atoms with E-state index in [0.717, 1.165) is 22.7 Å². The van der Waals surface area contributed by atoms with E-state index in [-0.39, 0.29) is 28.8 Å². The van der Waals surface area contributed by atoms with Gasteiger partial charge in [-0.3, -0.25) is 13.9 Å². The first kappa shape index (κ1) is 33.7. The summed E-state index contributed by atoms with van der Waals surface area (Å²) in [5.74, 6) is -0.297. The van der Waals surface area contributed by atoms with Crippen molar-refractivity contribution in [1.29, 1.82) is 0 Å². The van der Waals surface area contributed by atoms with E-state index in [4.69, 9.17) is 21.1 Å². The Kier molecular flexibility index (Phi) is 12.3. The maximum absolute atomic E-state index is 14.3. The minimum atomic E-state index is -4.28. The minimum absolute atomic E-state index is 0.00206. The van der Waals surface area contributed by atoms with Gasteiger partial charge < -0.3 is 19.7 Å². The van der Waals surface area contributed by atoms with Gasteiger partial charge in [-0.15, -0.1) is 0 Å². The van der Waals surface area contributed by atoms with Gasteiger partial charge in [0.2, 0.25) is 11.8 Å². The molecule has 0 saturated heterocycles. The standard InChI is InChI=1S/C32H40ClN3O6S/c1-6-8-19-34-32(38)28(7-2)35(21-24-11-9-10-12-27(24)33)31(37)22-36(29-20-25(41-4)15-18-30(29)42-5)43(39,40)26-16-13-23(3)14-17-26/h9-18,20,28H,6-8,19,21-22H2,1-5H3,(H,34,38). The second-order valence-corrected chi connectivity index (χ2v) is 12.3. The molecule has 9 nitrogen and oxygen atoms in total. The maximum Gasteiger partial charge on any atom is 0.264 e. The Morgan fingerprint density at radius 1 is 0.977 bits per heavy atom. The van der Waals surface area contributed by atoms with Crippen LogP contribution in [0.5, 0.6) is 11.5 Å². The number of benzene rings is 3. The van der Waals surface area contributed by atoms with Crippen molar-refractivity contribution in [2.75, 3.05) is 31.6 Å². The lowest BCUT2D eigenvalue weighted by Crippen LogP contribution is -2.52. The number of halogens is 1. The first-order chi connectivity index (χ1) is 20.6. The molecule has 2 amide bonds. The van der Waals surface area contributed by atoms with Crippen molar-refractivity contribution in [2.45, 2.75) is 57.5 Å². The van der Waals surface area contributed by atoms with Gasteiger partial charge in [0.1, 0.15) is 24.1 Å². The van der Waals surface area contributed by atoms with Gasteiger partial charge in [-0.1, -0.05) is 67.8 Å². The molecule has 43 heavy (non-hydrogen) atoms. The highest BCUT2D eigenvalue weighted by atomic mass is 35.5. The number of rotatable bonds is 15. The van der Waals surface area contributed by atoms with Gasteiger partial charge in [0.25, 0.3) is 10.0 Å². The lowest BCUT2D eigenvalue weighted by Gasteiger charge is -2.33. The van der Waals surface area contributed by atoms with Crippen molar-refractivity contribution in [3.8, 4) is 11.5 Å². The third-order valence-electron chi connectivity index (χ3n) is 7.06. The Morgan fingerprint density at radius 2 is 1.67 bits per heavy atom. The van der Waals surface area contributed by atoms with Crippen LogP contribution in [0.15, 0.2) is 71.6 Å². The highest BCUT2D eigenvalue weighted by Crippen LogP contribution is 2.36. The van der Waals surface area contributed by atoms with Crippen molar-refractivity contribution < 1.29 is 27.5 Å². The summed E-state index contributed by atoms with van der Waals surface area (Å²) in [6.45, 7) is 5.55. The van der Waals surface area contributed by atoms with Crippen LogP contribution in [0, 0.1) is 6.92 Å². The number of carbonyl (C=O) groups excluding carboxylic acids is 2. The predicted molar refractivity (Wildman–Crippen MR) is 169 cm³/mol. The maximum atomic E-state index is 14.3. The summed E-state index contributed by atoms with van der Waals surface area (Å²) >= 11 is 6.47. The number of sulfonamides is 1. The van der Waals surface area contributed by atoms with Crippen molar-refractivity contribution in [1.82, 2.24) is 10.2 Å². The molecule has 0 saturated carbocycles. The molecular weight excluding hydrogens is 590 g/mol. The predicted octanol–water partition coefficient (Wildman–Crippen LogP) is 5.58. The second-order valence-electron chi connectivity index (χ2n) is 10.0. The smallest absolute Gasteiger partial charge is 0.264 e. The fraction of sp³-hybridized carbons (Fsp3) is 0.375. The number of nitrogens with one attached hydrogen (secondary N) is 1. The Labute approximate surface area is 259 Å². The molecule has 11 heteroatoms. The fourth-order valence-electron chi connectivity index (χ4n) is 4.58. The SMILES string of the molecule is CCCCNC(=O)C(CC)N(Cc1ccccc1Cl)C(=O)CN(c1cc(OC)ccc1OC)S(=O)(=O)c1ccc(C)cc1. The summed E-state index contributed by atoms with van der Waals surface area (Å²) in [5, 5.41) is 3.35. The van der Waals surface area contributed by atoms with E-state index in [1.54, 1.807) is 48.5 Å². The van der Waals surface area contributed by atoms with Crippen LogP contribution in [0.1, 0.15) is 44.2 Å². The third kappa shape index (κ3) is 8.42. The number of hydrogen-bond acceptors (Lipinski definition) is 6. The van der Waals surface area contributed by atoms with Crippen molar-refractivity contribution in [3.63, 3.8) is 0 Å². The van der Waals surface area contributed by atoms with E-state index in [1.165, 1.54) is 37.3 Å². The van der Waals surface area contributed by atoms with Gasteiger partial charge in [0, 0.05) is 24.2 Å². The lowest BCUT2D eigenvalue weighted by atomic mass is 10.1. The first-order valence-electron chi connectivity index (χ1n) is 14.2. The highest BCUT2D eigenvalue weighted by molar-refractivity contribution is 7.92. The zero-order valence-corrected chi connectivity index (χ0v) is 26.9. The molecule has 0 heterocycles. The van der Waals surface area contributed by atoms with E-state index in [1.807, 2.05) is 20.8 Å². The molecule has 3 rings (SSSR count). The van der Waals surface area contributed by atoms with Gasteiger partial charge in [-0.05, 0) is 55.7 Å². The summed E-state index contributed by atoms with van der Waals surface area (Å²) in [6, 6.07) is 17.3. The second kappa shape index (κ2) is 15.6. The van der Waals surface area contributed by atoms with Crippen LogP contribution in [-0.2, 0) is 26.2 Å². The number of carbonyl (C=O) groups is 2. The zero-order chi connectivity index (χ0) is 31.6. The molecule has 1 unspecified atom stereocenters. The molecule has 1 atom stereocenters. The molecule has 1 N–H and O–H groups in total. The van der Waals surface area contributed by atoms with Gasteiger partial charge >= 0.3 is 0 Å². The van der Waals surface area contributed by atoms with Crippen LogP contribution < -0.4 is 19.1 Å². The molecule has 0 spiro atoms. The Hall–Kier alpha value is -3.76. The molecule has 3 aromatic carbocycles. The quantitative estimate of drug-likeness (QED) is 0.220. The summed E-state index contributed by atoms with van der Waals surface area (Å²) in [7, 11) is -1.40. The van der Waals surface area contributed by atoms with Gasteiger partial charge in [-0.25, -0.2) is 8.42 Å². The van der Waals surface area contributed by atoms with Crippen LogP contribution in [0.25, 0.3) is 0 Å².